The number of amides is 2. The first-order valence-corrected chi connectivity index (χ1v) is 12.8. The molecular formula is C26H36F2N2O5. The zero-order chi connectivity index (χ0) is 24.9. The van der Waals surface area contributed by atoms with Crippen molar-refractivity contribution in [1.29, 1.82) is 0 Å². The number of nitrogens with zero attached hydrogens (tertiary/aromatic N) is 1. The smallest absolute Gasteiger partial charge is 0.410 e. The van der Waals surface area contributed by atoms with E-state index in [1.807, 2.05) is 25.1 Å². The quantitative estimate of drug-likeness (QED) is 0.525. The lowest BCUT2D eigenvalue weighted by Gasteiger charge is -2.54. The van der Waals surface area contributed by atoms with Gasteiger partial charge >= 0.3 is 12.2 Å². The Bertz CT molecular complexity index is 863. The predicted molar refractivity (Wildman–Crippen MR) is 126 cm³/mol. The van der Waals surface area contributed by atoms with E-state index < -0.39 is 36.1 Å². The fraction of sp³-hybridized carbons (Fsp3) is 0.692. The number of carbonyl (C=O) groups excluding carboxylic acids is 2. The van der Waals surface area contributed by atoms with Crippen LogP contribution in [0.5, 0.6) is 0 Å². The summed E-state index contributed by atoms with van der Waals surface area (Å²) in [7, 11) is 0. The van der Waals surface area contributed by atoms with E-state index in [-0.39, 0.29) is 38.9 Å². The molecule has 194 valence electrons. The number of rotatable bonds is 7. The van der Waals surface area contributed by atoms with Crippen molar-refractivity contribution in [2.75, 3.05) is 26.4 Å². The second-order valence-electron chi connectivity index (χ2n) is 9.83. The topological polar surface area (TPSA) is 77.1 Å². The number of benzene rings is 1. The molecule has 9 heteroatoms. The molecule has 2 aliphatic heterocycles. The number of unbranched alkanes of at least 4 members (excludes halogenated alkanes) is 1. The third-order valence-corrected chi connectivity index (χ3v) is 7.71. The van der Waals surface area contributed by atoms with Crippen LogP contribution in [0.3, 0.4) is 0 Å². The summed E-state index contributed by atoms with van der Waals surface area (Å²) in [5.74, 6) is -2.76. The minimum atomic E-state index is -3.22. The van der Waals surface area contributed by atoms with Crippen molar-refractivity contribution in [2.24, 2.45) is 0 Å². The van der Waals surface area contributed by atoms with E-state index in [2.05, 4.69) is 17.4 Å². The Hall–Kier alpha value is -2.42. The number of piperidine rings is 1. The van der Waals surface area contributed by atoms with Crippen LogP contribution in [0.15, 0.2) is 30.3 Å². The van der Waals surface area contributed by atoms with Gasteiger partial charge in [-0.3, -0.25) is 0 Å². The van der Waals surface area contributed by atoms with Crippen molar-refractivity contribution in [1.82, 2.24) is 10.2 Å². The van der Waals surface area contributed by atoms with Crippen molar-refractivity contribution < 1.29 is 32.6 Å². The van der Waals surface area contributed by atoms with Gasteiger partial charge in [-0.1, -0.05) is 43.7 Å². The van der Waals surface area contributed by atoms with E-state index in [0.717, 1.165) is 32.1 Å². The van der Waals surface area contributed by atoms with Crippen molar-refractivity contribution in [3.63, 3.8) is 0 Å². The highest BCUT2D eigenvalue weighted by atomic mass is 19.3. The summed E-state index contributed by atoms with van der Waals surface area (Å²) in [4.78, 5) is 26.3. The second kappa shape index (κ2) is 11.1. The minimum Gasteiger partial charge on any atom is -0.449 e. The van der Waals surface area contributed by atoms with Crippen LogP contribution in [0.1, 0.15) is 69.8 Å². The molecule has 4 rings (SSSR count). The van der Waals surface area contributed by atoms with E-state index in [1.54, 1.807) is 0 Å². The number of nitrogens with one attached hydrogen (secondary N) is 1. The molecule has 2 unspecified atom stereocenters. The van der Waals surface area contributed by atoms with Crippen LogP contribution in [0.2, 0.25) is 0 Å². The van der Waals surface area contributed by atoms with Crippen LogP contribution in [0.4, 0.5) is 18.4 Å². The molecule has 1 N–H and O–H groups in total. The fourth-order valence-corrected chi connectivity index (χ4v) is 5.61. The van der Waals surface area contributed by atoms with Gasteiger partial charge in [0.25, 0.3) is 5.92 Å². The van der Waals surface area contributed by atoms with E-state index in [0.29, 0.717) is 12.3 Å². The van der Waals surface area contributed by atoms with Gasteiger partial charge in [0.2, 0.25) is 0 Å². The molecule has 0 radical (unpaired) electrons. The highest BCUT2D eigenvalue weighted by Crippen LogP contribution is 2.45. The van der Waals surface area contributed by atoms with Gasteiger partial charge in [-0.25, -0.2) is 18.4 Å². The highest BCUT2D eigenvalue weighted by molar-refractivity contribution is 5.72. The lowest BCUT2D eigenvalue weighted by atomic mass is 9.75. The summed E-state index contributed by atoms with van der Waals surface area (Å²) in [6.45, 7) is 1.80. The van der Waals surface area contributed by atoms with Crippen LogP contribution in [-0.2, 0) is 14.2 Å². The van der Waals surface area contributed by atoms with E-state index >= 15 is 8.78 Å². The molecule has 1 aliphatic carbocycles. The zero-order valence-corrected chi connectivity index (χ0v) is 20.3. The number of cyclic esters (lactones) is 1. The molecular weight excluding hydrogens is 458 g/mol. The maximum atomic E-state index is 15.4. The number of ether oxygens (including phenoxy) is 3. The number of likely N-dealkylation sites (tertiary alicyclic amines) is 1. The van der Waals surface area contributed by atoms with E-state index in [1.165, 1.54) is 10.5 Å². The number of hydrogen-bond acceptors (Lipinski definition) is 5. The maximum absolute atomic E-state index is 15.4. The molecule has 3 fully saturated rings. The molecule has 2 heterocycles. The number of halogens is 2. The number of alkyl halides is 2. The molecule has 1 saturated carbocycles. The Kier molecular flexibility index (Phi) is 8.14. The van der Waals surface area contributed by atoms with Gasteiger partial charge in [0.1, 0.15) is 5.54 Å². The molecule has 2 amide bonds. The Morgan fingerprint density at radius 3 is 2.60 bits per heavy atom. The van der Waals surface area contributed by atoms with Gasteiger partial charge in [0.05, 0.1) is 32.0 Å². The fourth-order valence-electron chi connectivity index (χ4n) is 5.61. The van der Waals surface area contributed by atoms with Crippen molar-refractivity contribution in [2.45, 2.75) is 87.8 Å². The molecule has 1 spiro atoms. The normalized spacial score (nSPS) is 30.4. The monoisotopic (exact) mass is 494 g/mol. The van der Waals surface area contributed by atoms with Gasteiger partial charge in [-0.05, 0) is 43.6 Å². The summed E-state index contributed by atoms with van der Waals surface area (Å²) < 4.78 is 47.3. The van der Waals surface area contributed by atoms with Crippen molar-refractivity contribution in [3.05, 3.63) is 35.9 Å². The van der Waals surface area contributed by atoms with Gasteiger partial charge < -0.3 is 24.4 Å². The summed E-state index contributed by atoms with van der Waals surface area (Å²) >= 11 is 0. The van der Waals surface area contributed by atoms with Crippen LogP contribution >= 0.6 is 0 Å². The first-order valence-electron chi connectivity index (χ1n) is 12.8. The van der Waals surface area contributed by atoms with Crippen LogP contribution in [0.25, 0.3) is 0 Å². The van der Waals surface area contributed by atoms with E-state index in [4.69, 9.17) is 14.2 Å². The Morgan fingerprint density at radius 2 is 1.91 bits per heavy atom. The summed E-state index contributed by atoms with van der Waals surface area (Å²) in [5, 5.41) is 2.40. The van der Waals surface area contributed by atoms with Crippen LogP contribution < -0.4 is 5.32 Å². The zero-order valence-electron chi connectivity index (χ0n) is 20.3. The summed E-state index contributed by atoms with van der Waals surface area (Å²) in [6, 6.07) is 9.29. The molecule has 0 aromatic heterocycles. The Labute approximate surface area is 205 Å². The average molecular weight is 495 g/mol. The molecule has 2 saturated heterocycles. The molecule has 35 heavy (non-hydrogen) atoms. The lowest BCUT2D eigenvalue weighted by Crippen LogP contribution is -2.77. The lowest BCUT2D eigenvalue weighted by molar-refractivity contribution is -0.181. The number of carbonyl (C=O) groups is 2. The molecule has 0 bridgehead atoms. The molecule has 1 aromatic carbocycles. The van der Waals surface area contributed by atoms with Crippen LogP contribution in [-0.4, -0.2) is 67.1 Å². The molecule has 1 aromatic rings. The first-order chi connectivity index (χ1) is 16.9. The van der Waals surface area contributed by atoms with Gasteiger partial charge in [0.15, 0.2) is 0 Å². The van der Waals surface area contributed by atoms with E-state index in [9.17, 15) is 9.59 Å². The summed E-state index contributed by atoms with van der Waals surface area (Å²) in [5.41, 5.74) is -0.645. The SMILES string of the molecule is CCCCOC(=O)N1CCC(F)(F)C2(CCOC(=O)N2)C1CO[C@H]1CC[C@@H](c2ccccc2)CC1. The largest absolute Gasteiger partial charge is 0.449 e. The molecule has 3 aliphatic rings. The van der Waals surface area contributed by atoms with Crippen molar-refractivity contribution >= 4 is 12.2 Å². The van der Waals surface area contributed by atoms with Gasteiger partial charge in [0, 0.05) is 19.4 Å². The predicted octanol–water partition coefficient (Wildman–Crippen LogP) is 5.24. The second-order valence-corrected chi connectivity index (χ2v) is 9.83. The third-order valence-electron chi connectivity index (χ3n) is 7.71. The van der Waals surface area contributed by atoms with Gasteiger partial charge in [-0.15, -0.1) is 0 Å². The molecule has 7 nitrogen and oxygen atoms in total. The number of hydrogen-bond donors (Lipinski definition) is 1. The standard InChI is InChI=1S/C26H36F2N2O5/c1-2-3-16-34-24(32)30-15-13-26(27,28)25(14-17-33-23(31)29-25)22(30)18-35-21-11-9-20(10-12-21)19-7-5-4-6-8-19/h4-8,20-22H,2-3,9-18H2,1H3,(H,29,31)/t20-,21+,22?,25?. The van der Waals surface area contributed by atoms with Crippen LogP contribution in [0, 0.1) is 0 Å². The van der Waals surface area contributed by atoms with Gasteiger partial charge in [-0.2, -0.15) is 0 Å². The minimum absolute atomic E-state index is 0.0870. The first kappa shape index (κ1) is 25.7. The summed E-state index contributed by atoms with van der Waals surface area (Å²) in [6.07, 6.45) is 2.77. The number of alkyl carbamates (subject to hydrolysis) is 1. The Morgan fingerprint density at radius 1 is 1.17 bits per heavy atom. The third kappa shape index (κ3) is 5.55. The Balaban J connectivity index is 1.47. The maximum Gasteiger partial charge on any atom is 0.410 e. The highest BCUT2D eigenvalue weighted by Gasteiger charge is 2.65. The average Bonchev–Trinajstić information content (AvgIpc) is 2.86. The van der Waals surface area contributed by atoms with Crippen molar-refractivity contribution in [3.8, 4) is 0 Å². The molecule has 2 atom stereocenters.